The fourth-order valence-corrected chi connectivity index (χ4v) is 8.54. The Morgan fingerprint density at radius 2 is 1.97 bits per heavy atom. The number of fused-ring (bicyclic) bond motifs is 1. The summed E-state index contributed by atoms with van der Waals surface area (Å²) in [6.45, 7) is 3.42. The van der Waals surface area contributed by atoms with Crippen molar-refractivity contribution in [2.75, 3.05) is 39.2 Å². The molecule has 5 atom stereocenters. The molecule has 1 saturated carbocycles. The highest BCUT2D eigenvalue weighted by Crippen LogP contribution is 2.67. The zero-order chi connectivity index (χ0) is 24.1. The van der Waals surface area contributed by atoms with E-state index in [2.05, 4.69) is 4.90 Å². The summed E-state index contributed by atoms with van der Waals surface area (Å²) in [5.41, 5.74) is 0.118. The molecule has 2 bridgehead atoms. The van der Waals surface area contributed by atoms with Crippen LogP contribution in [0.15, 0.2) is 12.1 Å². The lowest BCUT2D eigenvalue weighted by Gasteiger charge is -2.60. The maximum Gasteiger partial charge on any atom is 0.306 e. The molecule has 35 heavy (non-hydrogen) atoms. The molecule has 192 valence electrons. The van der Waals surface area contributed by atoms with Gasteiger partial charge in [-0.1, -0.05) is 6.07 Å². The minimum absolute atomic E-state index is 0.0980. The highest BCUT2D eigenvalue weighted by Gasteiger charge is 2.76. The van der Waals surface area contributed by atoms with Crippen LogP contribution in [0.2, 0.25) is 0 Å². The minimum atomic E-state index is -3.76. The Bertz CT molecular complexity index is 1140. The summed E-state index contributed by atoms with van der Waals surface area (Å²) in [5.74, 6) is -0.372. The monoisotopic (exact) mass is 507 g/mol. The summed E-state index contributed by atoms with van der Waals surface area (Å²) in [7, 11) is -3.76. The van der Waals surface area contributed by atoms with E-state index in [1.54, 1.807) is 6.07 Å². The Hall–Kier alpha value is -1.43. The number of benzene rings is 1. The van der Waals surface area contributed by atoms with Gasteiger partial charge in [0.1, 0.15) is 0 Å². The molecule has 9 nitrogen and oxygen atoms in total. The van der Waals surface area contributed by atoms with Crippen LogP contribution in [-0.4, -0.2) is 87.2 Å². The van der Waals surface area contributed by atoms with Gasteiger partial charge in [-0.15, -0.1) is 0 Å². The van der Waals surface area contributed by atoms with E-state index in [9.17, 15) is 13.5 Å². The molecule has 3 unspecified atom stereocenters. The van der Waals surface area contributed by atoms with Gasteiger partial charge in [0.25, 0.3) is 0 Å². The third-order valence-corrected chi connectivity index (χ3v) is 9.75. The number of rotatable bonds is 4. The zero-order valence-corrected chi connectivity index (χ0v) is 20.8. The maximum absolute atomic E-state index is 12.8. The van der Waals surface area contributed by atoms with Gasteiger partial charge in [0.05, 0.1) is 36.6 Å². The summed E-state index contributed by atoms with van der Waals surface area (Å²) in [6.07, 6.45) is 6.06. The minimum Gasteiger partial charge on any atom is -0.479 e. The van der Waals surface area contributed by atoms with E-state index in [1.165, 1.54) is 0 Å². The first-order valence-corrected chi connectivity index (χ1v) is 14.7. The van der Waals surface area contributed by atoms with Crippen LogP contribution in [0, 0.1) is 0 Å². The second-order valence-electron chi connectivity index (χ2n) is 11.1. The third kappa shape index (κ3) is 3.07. The molecule has 2 spiro atoms. The van der Waals surface area contributed by atoms with Crippen molar-refractivity contribution < 1.29 is 36.7 Å². The number of aliphatic hydroxyl groups is 1. The SMILES string of the molecule is CS(=O)(=O)Oc1ccc2c3c1OC1C4(CCC5(O)[C@@H](C2)N(CC2CCCO2)CCC[C@]315)OCCO4. The summed E-state index contributed by atoms with van der Waals surface area (Å²) >= 11 is 0. The first-order valence-electron chi connectivity index (χ1n) is 12.8. The van der Waals surface area contributed by atoms with Crippen molar-refractivity contribution in [1.82, 2.24) is 4.90 Å². The van der Waals surface area contributed by atoms with Gasteiger partial charge in [-0.3, -0.25) is 4.90 Å². The maximum atomic E-state index is 12.8. The van der Waals surface area contributed by atoms with Crippen molar-refractivity contribution in [3.8, 4) is 11.5 Å². The second-order valence-corrected chi connectivity index (χ2v) is 12.6. The molecule has 1 aromatic rings. The quantitative estimate of drug-likeness (QED) is 0.607. The van der Waals surface area contributed by atoms with E-state index < -0.39 is 33.0 Å². The molecule has 4 heterocycles. The average molecular weight is 508 g/mol. The zero-order valence-electron chi connectivity index (χ0n) is 20.0. The van der Waals surface area contributed by atoms with Crippen LogP contribution >= 0.6 is 0 Å². The van der Waals surface area contributed by atoms with E-state index in [4.69, 9.17) is 23.1 Å². The lowest BCUT2D eigenvalue weighted by atomic mass is 9.50. The molecular formula is C25H33NO8S. The van der Waals surface area contributed by atoms with Crippen molar-refractivity contribution in [1.29, 1.82) is 0 Å². The van der Waals surface area contributed by atoms with Gasteiger partial charge < -0.3 is 28.2 Å². The Balaban J connectivity index is 1.41. The molecule has 2 aliphatic carbocycles. The summed E-state index contributed by atoms with van der Waals surface area (Å²) in [4.78, 5) is 2.44. The van der Waals surface area contributed by atoms with Gasteiger partial charge in [0.15, 0.2) is 17.6 Å². The molecule has 4 aliphatic heterocycles. The highest BCUT2D eigenvalue weighted by atomic mass is 32.2. The normalized spacial score (nSPS) is 39.3. The molecule has 1 N–H and O–H groups in total. The molecule has 0 radical (unpaired) electrons. The smallest absolute Gasteiger partial charge is 0.306 e. The third-order valence-electron chi connectivity index (χ3n) is 9.26. The summed E-state index contributed by atoms with van der Waals surface area (Å²) in [5, 5.41) is 12.8. The van der Waals surface area contributed by atoms with E-state index >= 15 is 0 Å². The summed E-state index contributed by atoms with van der Waals surface area (Å²) < 4.78 is 54.6. The van der Waals surface area contributed by atoms with Gasteiger partial charge in [0, 0.05) is 31.2 Å². The van der Waals surface area contributed by atoms with Gasteiger partial charge in [-0.25, -0.2) is 0 Å². The average Bonchev–Trinajstić information content (AvgIpc) is 3.54. The molecule has 3 saturated heterocycles. The van der Waals surface area contributed by atoms with E-state index in [0.29, 0.717) is 44.6 Å². The van der Waals surface area contributed by atoms with Gasteiger partial charge in [-0.2, -0.15) is 8.42 Å². The van der Waals surface area contributed by atoms with Crippen LogP contribution in [0.1, 0.15) is 49.7 Å². The van der Waals surface area contributed by atoms with Gasteiger partial charge in [0.2, 0.25) is 5.79 Å². The molecule has 1 aromatic carbocycles. The summed E-state index contributed by atoms with van der Waals surface area (Å²) in [6, 6.07) is 3.54. The van der Waals surface area contributed by atoms with E-state index in [-0.39, 0.29) is 17.9 Å². The van der Waals surface area contributed by atoms with Gasteiger partial charge >= 0.3 is 10.1 Å². The number of likely N-dealkylation sites (tertiary alicyclic amines) is 1. The second kappa shape index (κ2) is 7.55. The first-order chi connectivity index (χ1) is 16.8. The van der Waals surface area contributed by atoms with E-state index in [0.717, 1.165) is 56.3 Å². The Morgan fingerprint density at radius 3 is 2.71 bits per heavy atom. The van der Waals surface area contributed by atoms with Gasteiger partial charge in [-0.05, 0) is 56.7 Å². The molecule has 0 aromatic heterocycles. The molecule has 10 heteroatoms. The van der Waals surface area contributed by atoms with Crippen LogP contribution in [-0.2, 0) is 36.2 Å². The predicted molar refractivity (Wildman–Crippen MR) is 124 cm³/mol. The molecular weight excluding hydrogens is 474 g/mol. The fourth-order valence-electron chi connectivity index (χ4n) is 8.08. The highest BCUT2D eigenvalue weighted by molar-refractivity contribution is 7.86. The van der Waals surface area contributed by atoms with Crippen LogP contribution in [0.3, 0.4) is 0 Å². The largest absolute Gasteiger partial charge is 0.479 e. The van der Waals surface area contributed by atoms with Crippen LogP contribution in [0.25, 0.3) is 0 Å². The fraction of sp³-hybridized carbons (Fsp3) is 0.760. The molecule has 4 fully saturated rings. The Morgan fingerprint density at radius 1 is 1.14 bits per heavy atom. The van der Waals surface area contributed by atoms with Crippen LogP contribution in [0.4, 0.5) is 0 Å². The van der Waals surface area contributed by atoms with Crippen LogP contribution < -0.4 is 8.92 Å². The Labute approximate surface area is 205 Å². The Kier molecular flexibility index (Phi) is 4.91. The van der Waals surface area contributed by atoms with Crippen molar-refractivity contribution >= 4 is 10.1 Å². The molecule has 0 amide bonds. The number of hydrogen-bond donors (Lipinski definition) is 1. The number of hydrogen-bond acceptors (Lipinski definition) is 9. The van der Waals surface area contributed by atoms with Crippen molar-refractivity contribution in [2.24, 2.45) is 0 Å². The van der Waals surface area contributed by atoms with Crippen molar-refractivity contribution in [3.05, 3.63) is 23.3 Å². The predicted octanol–water partition coefficient (Wildman–Crippen LogP) is 1.49. The number of nitrogens with zero attached hydrogens (tertiary/aromatic N) is 1. The van der Waals surface area contributed by atoms with Crippen LogP contribution in [0.5, 0.6) is 11.5 Å². The van der Waals surface area contributed by atoms with Crippen molar-refractivity contribution in [3.63, 3.8) is 0 Å². The first kappa shape index (κ1) is 22.7. The lowest BCUT2D eigenvalue weighted by molar-refractivity contribution is -0.285. The molecule has 6 aliphatic rings. The number of ether oxygens (including phenoxy) is 4. The van der Waals surface area contributed by atoms with E-state index in [1.807, 2.05) is 6.07 Å². The van der Waals surface area contributed by atoms with Crippen molar-refractivity contribution in [2.45, 2.75) is 80.0 Å². The molecule has 7 rings (SSSR count). The topological polar surface area (TPSA) is 104 Å². The standard InChI is InChI=1S/C25H33NO8S/c1-35(28,29)34-18-6-5-16-14-19-24(27)8-9-25(31-12-13-32-25)22-23(24,20(16)21(18)33-22)7-3-10-26(19)15-17-4-2-11-30-17/h5-6,17,19,22,27H,2-4,7-15H2,1H3/t17?,19-,22?,23+,24?/m1/s1. The lowest BCUT2D eigenvalue weighted by Crippen LogP contribution is -2.75.